The van der Waals surface area contributed by atoms with Crippen LogP contribution in [-0.4, -0.2) is 23.5 Å². The Bertz CT molecular complexity index is 201. The molecule has 0 bridgehead atoms. The summed E-state index contributed by atoms with van der Waals surface area (Å²) >= 11 is 0. The van der Waals surface area contributed by atoms with E-state index in [4.69, 9.17) is 5.26 Å². The predicted octanol–water partition coefficient (Wildman–Crippen LogP) is 2.80. The molecule has 1 atom stereocenters. The molecule has 0 amide bonds. The van der Waals surface area contributed by atoms with Crippen LogP contribution in [0.3, 0.4) is 0 Å². The average Bonchev–Trinajstić information content (AvgIpc) is 2.95. The Morgan fingerprint density at radius 3 is 2.43 bits per heavy atom. The van der Waals surface area contributed by atoms with Crippen molar-refractivity contribution in [3.05, 3.63) is 0 Å². The van der Waals surface area contributed by atoms with E-state index in [2.05, 4.69) is 31.7 Å². The van der Waals surface area contributed by atoms with E-state index in [0.29, 0.717) is 0 Å². The third-order valence-electron chi connectivity index (χ3n) is 2.92. The van der Waals surface area contributed by atoms with Gasteiger partial charge in [-0.05, 0) is 38.1 Å². The van der Waals surface area contributed by atoms with Gasteiger partial charge >= 0.3 is 0 Å². The van der Waals surface area contributed by atoms with E-state index in [1.54, 1.807) is 0 Å². The Labute approximate surface area is 87.9 Å². The topological polar surface area (TPSA) is 27.0 Å². The Morgan fingerprint density at radius 1 is 1.43 bits per heavy atom. The normalized spacial score (nSPS) is 18.6. The first-order valence-corrected chi connectivity index (χ1v) is 5.84. The number of nitrogens with zero attached hydrogens (tertiary/aromatic N) is 2. The molecule has 0 aromatic carbocycles. The molecule has 1 fully saturated rings. The van der Waals surface area contributed by atoms with Crippen molar-refractivity contribution in [2.24, 2.45) is 5.92 Å². The summed E-state index contributed by atoms with van der Waals surface area (Å²) in [6.07, 6.45) is 4.78. The number of rotatable bonds is 6. The Morgan fingerprint density at radius 2 is 2.07 bits per heavy atom. The summed E-state index contributed by atoms with van der Waals surface area (Å²) in [6.45, 7) is 7.71. The minimum atomic E-state index is 0.154. The van der Waals surface area contributed by atoms with Crippen LogP contribution >= 0.6 is 0 Å². The number of nitriles is 1. The molecule has 2 nitrogen and oxygen atoms in total. The molecule has 0 spiro atoms. The molecule has 1 aliphatic carbocycles. The van der Waals surface area contributed by atoms with E-state index in [0.717, 1.165) is 24.9 Å². The van der Waals surface area contributed by atoms with Gasteiger partial charge in [0, 0.05) is 6.04 Å². The highest BCUT2D eigenvalue weighted by Gasteiger charge is 2.32. The quantitative estimate of drug-likeness (QED) is 0.650. The molecule has 2 heteroatoms. The molecule has 0 N–H and O–H groups in total. The predicted molar refractivity (Wildman–Crippen MR) is 58.9 cm³/mol. The van der Waals surface area contributed by atoms with Gasteiger partial charge in [0.05, 0.1) is 12.1 Å². The van der Waals surface area contributed by atoms with E-state index < -0.39 is 0 Å². The highest BCUT2D eigenvalue weighted by Crippen LogP contribution is 2.29. The zero-order valence-corrected chi connectivity index (χ0v) is 9.66. The van der Waals surface area contributed by atoms with E-state index in [-0.39, 0.29) is 6.04 Å². The summed E-state index contributed by atoms with van der Waals surface area (Å²) in [6, 6.07) is 3.30. The van der Waals surface area contributed by atoms with Crippen molar-refractivity contribution in [3.8, 4) is 6.07 Å². The Hall–Kier alpha value is -0.550. The van der Waals surface area contributed by atoms with Gasteiger partial charge < -0.3 is 0 Å². The molecular weight excluding hydrogens is 172 g/mol. The summed E-state index contributed by atoms with van der Waals surface area (Å²) in [4.78, 5) is 2.42. The van der Waals surface area contributed by atoms with Crippen LogP contribution in [-0.2, 0) is 0 Å². The molecule has 1 saturated carbocycles. The second-order valence-electron chi connectivity index (χ2n) is 4.70. The fourth-order valence-electron chi connectivity index (χ4n) is 1.81. The number of hydrogen-bond acceptors (Lipinski definition) is 2. The lowest BCUT2D eigenvalue weighted by atomic mass is 10.1. The first-order chi connectivity index (χ1) is 6.69. The smallest absolute Gasteiger partial charge is 0.0977 e. The lowest BCUT2D eigenvalue weighted by molar-refractivity contribution is 0.206. The standard InChI is InChI=1S/C12H22N2/c1-4-11(9-13)14(12-5-6-12)8-7-10(2)3/h10-12H,4-8H2,1-3H3. The van der Waals surface area contributed by atoms with Crippen LogP contribution in [0.2, 0.25) is 0 Å². The molecule has 0 aromatic heterocycles. The van der Waals surface area contributed by atoms with Gasteiger partial charge in [-0.1, -0.05) is 20.8 Å². The summed E-state index contributed by atoms with van der Waals surface area (Å²) in [7, 11) is 0. The number of hydrogen-bond donors (Lipinski definition) is 0. The van der Waals surface area contributed by atoms with Gasteiger partial charge in [-0.25, -0.2) is 0 Å². The minimum absolute atomic E-state index is 0.154. The van der Waals surface area contributed by atoms with Crippen LogP contribution in [0.4, 0.5) is 0 Å². The third kappa shape index (κ3) is 3.31. The molecule has 1 rings (SSSR count). The molecule has 0 saturated heterocycles. The molecule has 0 radical (unpaired) electrons. The second-order valence-corrected chi connectivity index (χ2v) is 4.70. The van der Waals surface area contributed by atoms with Crippen molar-refractivity contribution in [1.82, 2.24) is 4.90 Å². The lowest BCUT2D eigenvalue weighted by Crippen LogP contribution is -2.37. The van der Waals surface area contributed by atoms with Gasteiger partial charge in [0.1, 0.15) is 0 Å². The molecule has 1 unspecified atom stereocenters. The highest BCUT2D eigenvalue weighted by molar-refractivity contribution is 4.97. The van der Waals surface area contributed by atoms with Gasteiger partial charge in [0.15, 0.2) is 0 Å². The van der Waals surface area contributed by atoms with E-state index in [9.17, 15) is 0 Å². The van der Waals surface area contributed by atoms with Crippen LogP contribution in [0.5, 0.6) is 0 Å². The van der Waals surface area contributed by atoms with E-state index in [1.165, 1.54) is 19.3 Å². The van der Waals surface area contributed by atoms with Crippen molar-refractivity contribution < 1.29 is 0 Å². The summed E-state index contributed by atoms with van der Waals surface area (Å²) < 4.78 is 0. The monoisotopic (exact) mass is 194 g/mol. The van der Waals surface area contributed by atoms with Gasteiger partial charge in [0.2, 0.25) is 0 Å². The lowest BCUT2D eigenvalue weighted by Gasteiger charge is -2.26. The average molecular weight is 194 g/mol. The molecule has 0 aromatic rings. The first kappa shape index (κ1) is 11.5. The molecule has 80 valence electrons. The molecular formula is C12H22N2. The van der Waals surface area contributed by atoms with Crippen molar-refractivity contribution in [2.75, 3.05) is 6.54 Å². The molecule has 14 heavy (non-hydrogen) atoms. The Kier molecular flexibility index (Phi) is 4.41. The molecule has 1 aliphatic rings. The van der Waals surface area contributed by atoms with Crippen molar-refractivity contribution in [2.45, 2.75) is 58.5 Å². The summed E-state index contributed by atoms with van der Waals surface area (Å²) in [5.74, 6) is 0.743. The Balaban J connectivity index is 2.42. The van der Waals surface area contributed by atoms with Gasteiger partial charge in [0.25, 0.3) is 0 Å². The maximum Gasteiger partial charge on any atom is 0.0977 e. The first-order valence-electron chi connectivity index (χ1n) is 5.84. The van der Waals surface area contributed by atoms with Crippen molar-refractivity contribution in [3.63, 3.8) is 0 Å². The van der Waals surface area contributed by atoms with Crippen LogP contribution in [0.1, 0.15) is 46.5 Å². The van der Waals surface area contributed by atoms with Gasteiger partial charge in [-0.2, -0.15) is 5.26 Å². The van der Waals surface area contributed by atoms with Gasteiger partial charge in [-0.3, -0.25) is 4.90 Å². The van der Waals surface area contributed by atoms with Crippen LogP contribution in [0, 0.1) is 17.2 Å². The minimum Gasteiger partial charge on any atom is -0.285 e. The summed E-state index contributed by atoms with van der Waals surface area (Å²) in [5.41, 5.74) is 0. The maximum absolute atomic E-state index is 9.05. The molecule has 0 aliphatic heterocycles. The largest absolute Gasteiger partial charge is 0.285 e. The third-order valence-corrected chi connectivity index (χ3v) is 2.92. The van der Waals surface area contributed by atoms with E-state index >= 15 is 0 Å². The second kappa shape index (κ2) is 5.36. The maximum atomic E-state index is 9.05. The van der Waals surface area contributed by atoms with Crippen LogP contribution in [0.15, 0.2) is 0 Å². The van der Waals surface area contributed by atoms with Crippen molar-refractivity contribution in [1.29, 1.82) is 5.26 Å². The van der Waals surface area contributed by atoms with Crippen LogP contribution < -0.4 is 0 Å². The zero-order chi connectivity index (χ0) is 10.6. The molecule has 0 heterocycles. The van der Waals surface area contributed by atoms with Crippen molar-refractivity contribution >= 4 is 0 Å². The fourth-order valence-corrected chi connectivity index (χ4v) is 1.81. The zero-order valence-electron chi connectivity index (χ0n) is 9.66. The highest BCUT2D eigenvalue weighted by atomic mass is 15.2. The van der Waals surface area contributed by atoms with Crippen LogP contribution in [0.25, 0.3) is 0 Å². The van der Waals surface area contributed by atoms with Gasteiger partial charge in [-0.15, -0.1) is 0 Å². The van der Waals surface area contributed by atoms with E-state index in [1.807, 2.05) is 0 Å². The fraction of sp³-hybridized carbons (Fsp3) is 0.917. The SMILES string of the molecule is CCC(C#N)N(CCC(C)C)C1CC1. The summed E-state index contributed by atoms with van der Waals surface area (Å²) in [5, 5.41) is 9.05.